The fraction of sp³-hybridized carbons (Fsp3) is 0.538. The molecule has 0 spiro atoms. The number of hydrogen-bond acceptors (Lipinski definition) is 1. The summed E-state index contributed by atoms with van der Waals surface area (Å²) in [7, 11) is 0. The van der Waals surface area contributed by atoms with E-state index < -0.39 is 0 Å². The fourth-order valence-electron chi connectivity index (χ4n) is 1.76. The van der Waals surface area contributed by atoms with Gasteiger partial charge in [-0.1, -0.05) is 45.0 Å². The minimum atomic E-state index is -0.322. The monoisotopic (exact) mass is 209 g/mol. The summed E-state index contributed by atoms with van der Waals surface area (Å²) >= 11 is 0. The van der Waals surface area contributed by atoms with Crippen molar-refractivity contribution in [3.8, 4) is 0 Å². The highest BCUT2D eigenvalue weighted by molar-refractivity contribution is 5.27. The third-order valence-electron chi connectivity index (χ3n) is 2.79. The van der Waals surface area contributed by atoms with Crippen molar-refractivity contribution in [3.63, 3.8) is 0 Å². The molecule has 0 saturated carbocycles. The van der Waals surface area contributed by atoms with Crippen LogP contribution >= 0.6 is 0 Å². The van der Waals surface area contributed by atoms with Gasteiger partial charge in [-0.3, -0.25) is 4.39 Å². The van der Waals surface area contributed by atoms with E-state index in [9.17, 15) is 4.39 Å². The molecule has 1 rings (SSSR count). The number of hydrogen-bond donors (Lipinski definition) is 1. The van der Waals surface area contributed by atoms with Crippen LogP contribution in [0.25, 0.3) is 0 Å². The van der Waals surface area contributed by atoms with Crippen molar-refractivity contribution < 1.29 is 4.39 Å². The Morgan fingerprint density at radius 2 is 2.00 bits per heavy atom. The molecule has 15 heavy (non-hydrogen) atoms. The molecule has 0 saturated heterocycles. The topological polar surface area (TPSA) is 26.0 Å². The molecule has 0 fully saturated rings. The normalized spacial score (nSPS) is 13.9. The molecule has 84 valence electrons. The summed E-state index contributed by atoms with van der Waals surface area (Å²) in [4.78, 5) is 0. The highest BCUT2D eigenvalue weighted by atomic mass is 19.1. The number of rotatable bonds is 3. The third-order valence-corrected chi connectivity index (χ3v) is 2.79. The van der Waals surface area contributed by atoms with Crippen LogP contribution in [0.5, 0.6) is 0 Å². The van der Waals surface area contributed by atoms with Crippen LogP contribution in [-0.2, 0) is 6.54 Å². The molecule has 0 aliphatic rings. The van der Waals surface area contributed by atoms with E-state index in [1.807, 2.05) is 24.3 Å². The van der Waals surface area contributed by atoms with Crippen molar-refractivity contribution in [2.45, 2.75) is 33.2 Å². The van der Waals surface area contributed by atoms with Crippen LogP contribution in [-0.4, -0.2) is 6.67 Å². The summed E-state index contributed by atoms with van der Waals surface area (Å²) in [6.45, 7) is 6.37. The summed E-state index contributed by atoms with van der Waals surface area (Å²) in [5, 5.41) is 0. The lowest BCUT2D eigenvalue weighted by Gasteiger charge is -2.29. The largest absolute Gasteiger partial charge is 0.326 e. The first kappa shape index (κ1) is 12.2. The Hall–Kier alpha value is -0.890. The predicted molar refractivity (Wildman–Crippen MR) is 62.5 cm³/mol. The van der Waals surface area contributed by atoms with Gasteiger partial charge in [0, 0.05) is 12.5 Å². The first-order valence-electron chi connectivity index (χ1n) is 5.34. The molecular weight excluding hydrogens is 189 g/mol. The Labute approximate surface area is 91.5 Å². The molecule has 2 heteroatoms. The molecule has 0 aliphatic heterocycles. The quantitative estimate of drug-likeness (QED) is 0.812. The van der Waals surface area contributed by atoms with Gasteiger partial charge < -0.3 is 5.73 Å². The van der Waals surface area contributed by atoms with Crippen molar-refractivity contribution in [3.05, 3.63) is 35.4 Å². The van der Waals surface area contributed by atoms with Gasteiger partial charge >= 0.3 is 0 Å². The van der Waals surface area contributed by atoms with E-state index in [-0.39, 0.29) is 18.0 Å². The smallest absolute Gasteiger partial charge is 0.0967 e. The lowest BCUT2D eigenvalue weighted by molar-refractivity contribution is 0.262. The van der Waals surface area contributed by atoms with Gasteiger partial charge in [0.25, 0.3) is 0 Å². The maximum atomic E-state index is 13.0. The Balaban J connectivity index is 3.02. The maximum absolute atomic E-state index is 13.0. The molecule has 1 unspecified atom stereocenters. The van der Waals surface area contributed by atoms with Crippen molar-refractivity contribution in [1.29, 1.82) is 0 Å². The summed E-state index contributed by atoms with van der Waals surface area (Å²) < 4.78 is 13.0. The highest BCUT2D eigenvalue weighted by Crippen LogP contribution is 2.35. The minimum Gasteiger partial charge on any atom is -0.326 e. The van der Waals surface area contributed by atoms with Gasteiger partial charge in [-0.2, -0.15) is 0 Å². The van der Waals surface area contributed by atoms with E-state index in [1.165, 1.54) is 0 Å². The van der Waals surface area contributed by atoms with E-state index in [1.54, 1.807) is 0 Å². The second-order valence-corrected chi connectivity index (χ2v) is 5.02. The highest BCUT2D eigenvalue weighted by Gasteiger charge is 2.26. The Morgan fingerprint density at radius 1 is 1.33 bits per heavy atom. The Kier molecular flexibility index (Phi) is 3.86. The molecular formula is C13H20FN. The molecule has 0 amide bonds. The average molecular weight is 209 g/mol. The van der Waals surface area contributed by atoms with E-state index in [0.29, 0.717) is 6.54 Å². The second kappa shape index (κ2) is 4.75. The van der Waals surface area contributed by atoms with Crippen LogP contribution in [0.3, 0.4) is 0 Å². The Bertz CT molecular complexity index is 315. The van der Waals surface area contributed by atoms with Crippen molar-refractivity contribution >= 4 is 0 Å². The van der Waals surface area contributed by atoms with Gasteiger partial charge in [0.05, 0.1) is 6.67 Å². The minimum absolute atomic E-state index is 0.0519. The van der Waals surface area contributed by atoms with Crippen LogP contribution in [0.1, 0.15) is 37.8 Å². The molecule has 0 aromatic heterocycles. The van der Waals surface area contributed by atoms with Gasteiger partial charge in [-0.05, 0) is 16.5 Å². The lowest BCUT2D eigenvalue weighted by Crippen LogP contribution is -2.20. The zero-order valence-corrected chi connectivity index (χ0v) is 9.76. The van der Waals surface area contributed by atoms with Gasteiger partial charge in [0.15, 0.2) is 0 Å². The molecule has 1 nitrogen and oxygen atoms in total. The van der Waals surface area contributed by atoms with Crippen molar-refractivity contribution in [1.82, 2.24) is 0 Å². The standard InChI is InChI=1S/C13H20FN/c1-13(2,3)12(8-14)11-6-4-5-10(7-11)9-15/h4-7,12H,8-9,15H2,1-3H3. The molecule has 1 aromatic carbocycles. The average Bonchev–Trinajstić information content (AvgIpc) is 2.17. The van der Waals surface area contributed by atoms with E-state index in [4.69, 9.17) is 5.73 Å². The first-order valence-corrected chi connectivity index (χ1v) is 5.34. The van der Waals surface area contributed by atoms with Gasteiger partial charge in [0.1, 0.15) is 0 Å². The lowest BCUT2D eigenvalue weighted by atomic mass is 9.77. The summed E-state index contributed by atoms with van der Waals surface area (Å²) in [6, 6.07) is 7.91. The van der Waals surface area contributed by atoms with Gasteiger partial charge in [-0.15, -0.1) is 0 Å². The molecule has 2 N–H and O–H groups in total. The van der Waals surface area contributed by atoms with Crippen molar-refractivity contribution in [2.24, 2.45) is 11.1 Å². The SMILES string of the molecule is CC(C)(C)C(CF)c1cccc(CN)c1. The van der Waals surface area contributed by atoms with E-state index in [2.05, 4.69) is 20.8 Å². The zero-order valence-electron chi connectivity index (χ0n) is 9.76. The molecule has 0 aliphatic carbocycles. The van der Waals surface area contributed by atoms with Crippen molar-refractivity contribution in [2.75, 3.05) is 6.67 Å². The summed E-state index contributed by atoms with van der Waals surface area (Å²) in [5.74, 6) is -0.0519. The molecule has 1 aromatic rings. The summed E-state index contributed by atoms with van der Waals surface area (Å²) in [6.07, 6.45) is 0. The Morgan fingerprint density at radius 3 is 2.47 bits per heavy atom. The molecule has 0 radical (unpaired) electrons. The number of halogens is 1. The fourth-order valence-corrected chi connectivity index (χ4v) is 1.76. The van der Waals surface area contributed by atoms with Gasteiger partial charge in [-0.25, -0.2) is 0 Å². The predicted octanol–water partition coefficient (Wildman–Crippen LogP) is 3.24. The second-order valence-electron chi connectivity index (χ2n) is 5.02. The third kappa shape index (κ3) is 3.03. The summed E-state index contributed by atoms with van der Waals surface area (Å²) in [5.41, 5.74) is 7.64. The number of benzene rings is 1. The van der Waals surface area contributed by atoms with E-state index >= 15 is 0 Å². The van der Waals surface area contributed by atoms with E-state index in [0.717, 1.165) is 11.1 Å². The van der Waals surface area contributed by atoms with Gasteiger partial charge in [0.2, 0.25) is 0 Å². The van der Waals surface area contributed by atoms with Crippen LogP contribution in [0.15, 0.2) is 24.3 Å². The van der Waals surface area contributed by atoms with Crippen LogP contribution in [0.4, 0.5) is 4.39 Å². The molecule has 0 bridgehead atoms. The van der Waals surface area contributed by atoms with Crippen LogP contribution in [0, 0.1) is 5.41 Å². The maximum Gasteiger partial charge on any atom is 0.0967 e. The first-order chi connectivity index (χ1) is 6.99. The zero-order chi connectivity index (χ0) is 11.5. The van der Waals surface area contributed by atoms with Crippen LogP contribution < -0.4 is 5.73 Å². The molecule has 1 atom stereocenters. The number of nitrogens with two attached hydrogens (primary N) is 1. The van der Waals surface area contributed by atoms with Crippen LogP contribution in [0.2, 0.25) is 0 Å². The number of alkyl halides is 1. The molecule has 0 heterocycles.